The summed E-state index contributed by atoms with van der Waals surface area (Å²) in [6, 6.07) is 13.6. The van der Waals surface area contributed by atoms with E-state index in [-0.39, 0.29) is 9.99 Å². The third-order valence-electron chi connectivity index (χ3n) is 4.99. The first-order valence-electron chi connectivity index (χ1n) is 9.76. The van der Waals surface area contributed by atoms with Gasteiger partial charge in [0.1, 0.15) is 10.6 Å². The van der Waals surface area contributed by atoms with Crippen LogP contribution >= 0.6 is 58.7 Å². The van der Waals surface area contributed by atoms with Gasteiger partial charge >= 0.3 is 0 Å². The minimum absolute atomic E-state index is 0.123. The number of ether oxygens (including phenoxy) is 1. The normalized spacial score (nSPS) is 14.8. The number of pyridine rings is 1. The number of halogens is 1. The molecule has 8 heteroatoms. The molecule has 3 nitrogen and oxygen atoms in total. The minimum Gasteiger partial charge on any atom is -0.494 e. The van der Waals surface area contributed by atoms with Gasteiger partial charge in [-0.05, 0) is 39.0 Å². The van der Waals surface area contributed by atoms with Crippen LogP contribution in [0.25, 0.3) is 21.0 Å². The van der Waals surface area contributed by atoms with Gasteiger partial charge in [-0.1, -0.05) is 53.8 Å². The SMILES string of the molecule is CCOc1ccc2c(=S)c3c(n(C(=O)c4sc5ccccc5c4Cl)c2c1)SC(C)(C)S3. The van der Waals surface area contributed by atoms with E-state index in [1.165, 1.54) is 11.3 Å². The average molecular weight is 504 g/mol. The van der Waals surface area contributed by atoms with Crippen molar-refractivity contribution in [2.45, 2.75) is 34.8 Å². The van der Waals surface area contributed by atoms with E-state index >= 15 is 0 Å². The molecule has 0 N–H and O–H groups in total. The van der Waals surface area contributed by atoms with Crippen molar-refractivity contribution in [3.05, 3.63) is 56.9 Å². The lowest BCUT2D eigenvalue weighted by atomic mass is 10.2. The smallest absolute Gasteiger partial charge is 0.274 e. The van der Waals surface area contributed by atoms with Crippen molar-refractivity contribution in [1.29, 1.82) is 0 Å². The van der Waals surface area contributed by atoms with E-state index in [1.807, 2.05) is 49.4 Å². The van der Waals surface area contributed by atoms with Crippen molar-refractivity contribution in [3.8, 4) is 5.75 Å². The summed E-state index contributed by atoms with van der Waals surface area (Å²) in [4.78, 5) is 15.5. The highest BCUT2D eigenvalue weighted by Gasteiger charge is 2.36. The standard InChI is InChI=1S/C23H18ClNO2S4/c1-4-27-12-9-10-13-15(11-12)25(22-20(18(13)28)30-23(2,3)31-22)21(26)19-17(24)14-7-5-6-8-16(14)29-19/h5-11H,4H2,1-3H3. The van der Waals surface area contributed by atoms with Gasteiger partial charge in [-0.25, -0.2) is 0 Å². The molecule has 0 aliphatic carbocycles. The summed E-state index contributed by atoms with van der Waals surface area (Å²) in [5, 5.41) is 3.14. The predicted molar refractivity (Wildman–Crippen MR) is 136 cm³/mol. The van der Waals surface area contributed by atoms with Gasteiger partial charge in [0.15, 0.2) is 0 Å². The van der Waals surface area contributed by atoms with Crippen molar-refractivity contribution < 1.29 is 9.53 Å². The largest absolute Gasteiger partial charge is 0.494 e. The molecule has 5 rings (SSSR count). The molecule has 2 aromatic heterocycles. The molecule has 0 fully saturated rings. The van der Waals surface area contributed by atoms with Crippen LogP contribution in [0.1, 0.15) is 30.4 Å². The fraction of sp³-hybridized carbons (Fsp3) is 0.217. The Morgan fingerprint density at radius 3 is 2.68 bits per heavy atom. The fourth-order valence-corrected chi connectivity index (χ4v) is 8.32. The number of carbonyl (C=O) groups is 1. The van der Waals surface area contributed by atoms with Crippen molar-refractivity contribution in [2.24, 2.45) is 0 Å². The molecule has 0 bridgehead atoms. The summed E-state index contributed by atoms with van der Waals surface area (Å²) < 4.78 is 9.17. The van der Waals surface area contributed by atoms with E-state index < -0.39 is 0 Å². The molecular formula is C23H18ClNO2S4. The molecule has 0 amide bonds. The number of thioether (sulfide) groups is 2. The van der Waals surface area contributed by atoms with Crippen LogP contribution in [-0.4, -0.2) is 21.2 Å². The Bertz CT molecular complexity index is 1440. The highest BCUT2D eigenvalue weighted by Crippen LogP contribution is 2.57. The molecule has 158 valence electrons. The van der Waals surface area contributed by atoms with Crippen LogP contribution in [0.4, 0.5) is 0 Å². The number of benzene rings is 2. The monoisotopic (exact) mass is 503 g/mol. The van der Waals surface area contributed by atoms with Crippen molar-refractivity contribution >= 4 is 85.6 Å². The lowest BCUT2D eigenvalue weighted by molar-refractivity contribution is 0.0958. The summed E-state index contributed by atoms with van der Waals surface area (Å²) >= 11 is 17.3. The van der Waals surface area contributed by atoms with Crippen LogP contribution in [0.15, 0.2) is 52.4 Å². The van der Waals surface area contributed by atoms with Crippen LogP contribution in [0, 0.1) is 4.51 Å². The average Bonchev–Trinajstić information content (AvgIpc) is 3.24. The Balaban J connectivity index is 1.83. The van der Waals surface area contributed by atoms with E-state index in [4.69, 9.17) is 28.6 Å². The molecule has 0 saturated heterocycles. The second-order valence-electron chi connectivity index (χ2n) is 7.56. The number of aromatic nitrogens is 1. The number of fused-ring (bicyclic) bond motifs is 3. The fourth-order valence-electron chi connectivity index (χ4n) is 3.71. The molecule has 2 aromatic carbocycles. The summed E-state index contributed by atoms with van der Waals surface area (Å²) in [6.07, 6.45) is 0. The number of nitrogens with zero attached hydrogens (tertiary/aromatic N) is 1. The number of hydrogen-bond acceptors (Lipinski definition) is 6. The van der Waals surface area contributed by atoms with Crippen LogP contribution in [-0.2, 0) is 0 Å². The summed E-state index contributed by atoms with van der Waals surface area (Å²) in [5.74, 6) is 0.574. The van der Waals surface area contributed by atoms with Gasteiger partial charge in [0, 0.05) is 21.5 Å². The lowest BCUT2D eigenvalue weighted by Gasteiger charge is -2.16. The molecule has 0 radical (unpaired) electrons. The molecule has 0 atom stereocenters. The van der Waals surface area contributed by atoms with Crippen molar-refractivity contribution in [3.63, 3.8) is 0 Å². The number of thiophene rings is 1. The molecular weight excluding hydrogens is 486 g/mol. The third-order valence-corrected chi connectivity index (χ3v) is 10.0. The molecule has 1 aliphatic rings. The minimum atomic E-state index is -0.137. The molecule has 0 spiro atoms. The van der Waals surface area contributed by atoms with Crippen LogP contribution in [0.3, 0.4) is 0 Å². The zero-order valence-corrected chi connectivity index (χ0v) is 21.0. The van der Waals surface area contributed by atoms with Gasteiger partial charge < -0.3 is 4.74 Å². The Morgan fingerprint density at radius 1 is 1.16 bits per heavy atom. The molecule has 3 heterocycles. The second kappa shape index (κ2) is 7.81. The highest BCUT2D eigenvalue weighted by atomic mass is 35.5. The highest BCUT2D eigenvalue weighted by molar-refractivity contribution is 8.20. The van der Waals surface area contributed by atoms with E-state index in [0.717, 1.165) is 35.4 Å². The number of rotatable bonds is 3. The molecule has 1 aliphatic heterocycles. The molecule has 4 aromatic rings. The molecule has 0 unspecified atom stereocenters. The lowest BCUT2D eigenvalue weighted by Crippen LogP contribution is -2.15. The topological polar surface area (TPSA) is 31.2 Å². The molecule has 31 heavy (non-hydrogen) atoms. The maximum atomic E-state index is 14.0. The maximum Gasteiger partial charge on any atom is 0.274 e. The van der Waals surface area contributed by atoms with Crippen molar-refractivity contribution in [2.75, 3.05) is 6.61 Å². The van der Waals surface area contributed by atoms with Gasteiger partial charge in [-0.15, -0.1) is 23.1 Å². The van der Waals surface area contributed by atoms with E-state index in [1.54, 1.807) is 28.1 Å². The van der Waals surface area contributed by atoms with Crippen LogP contribution < -0.4 is 4.74 Å². The van der Waals surface area contributed by atoms with Gasteiger partial charge in [-0.3, -0.25) is 9.36 Å². The first-order valence-corrected chi connectivity index (χ1v) is 13.0. The number of hydrogen-bond donors (Lipinski definition) is 0. The first kappa shape index (κ1) is 21.3. The van der Waals surface area contributed by atoms with Gasteiger partial charge in [0.25, 0.3) is 5.91 Å². The Hall–Kier alpha value is -1.51. The summed E-state index contributed by atoms with van der Waals surface area (Å²) in [6.45, 7) is 6.78. The van der Waals surface area contributed by atoms with Gasteiger partial charge in [-0.2, -0.15) is 0 Å². The maximum absolute atomic E-state index is 14.0. The third kappa shape index (κ3) is 3.51. The summed E-state index contributed by atoms with van der Waals surface area (Å²) in [7, 11) is 0. The summed E-state index contributed by atoms with van der Waals surface area (Å²) in [5.41, 5.74) is 0.749. The predicted octanol–water partition coefficient (Wildman–Crippen LogP) is 8.26. The molecule has 0 saturated carbocycles. The van der Waals surface area contributed by atoms with E-state index in [9.17, 15) is 4.79 Å². The van der Waals surface area contributed by atoms with E-state index in [0.29, 0.717) is 22.3 Å². The van der Waals surface area contributed by atoms with Crippen LogP contribution in [0.2, 0.25) is 5.02 Å². The zero-order chi connectivity index (χ0) is 21.9. The van der Waals surface area contributed by atoms with Crippen LogP contribution in [0.5, 0.6) is 5.75 Å². The van der Waals surface area contributed by atoms with Crippen molar-refractivity contribution in [1.82, 2.24) is 4.57 Å². The number of carbonyl (C=O) groups excluding carboxylic acids is 1. The first-order chi connectivity index (χ1) is 14.8. The Morgan fingerprint density at radius 2 is 1.94 bits per heavy atom. The second-order valence-corrected chi connectivity index (χ2v) is 12.9. The van der Waals surface area contributed by atoms with E-state index in [2.05, 4.69) is 13.8 Å². The Labute approximate surface area is 202 Å². The quantitative estimate of drug-likeness (QED) is 0.262. The van der Waals surface area contributed by atoms with Gasteiger partial charge in [0.05, 0.1) is 35.7 Å². The Kier molecular flexibility index (Phi) is 5.38. The van der Waals surface area contributed by atoms with Gasteiger partial charge in [0.2, 0.25) is 0 Å². The zero-order valence-electron chi connectivity index (χ0n) is 17.0.